The second-order valence-electron chi connectivity index (χ2n) is 12.9. The average Bonchev–Trinajstić information content (AvgIpc) is 3.53. The standard InChI is InChI=1S/C40H44N4O4/c1-28-11-10-22-44(28)37-26-32-17-9-19-34(24-32)48-33-18-8-16-31(23-33)25-36(38(45)41-27-30-14-6-3-7-15-30)43-39(46)35(42-40(37)47)21-20-29-12-4-2-5-13-29/h2-9,12-19,23-24,28,35-37H,10-11,20-22,25-27H2,1H3,(H,41,45)(H,42,47)(H,43,46)/t28?,35-,36-,37-/m0/s1. The van der Waals surface area contributed by atoms with Crippen molar-refractivity contribution in [3.05, 3.63) is 131 Å². The highest BCUT2D eigenvalue weighted by Crippen LogP contribution is 2.27. The van der Waals surface area contributed by atoms with E-state index in [0.29, 0.717) is 37.3 Å². The van der Waals surface area contributed by atoms with Crippen molar-refractivity contribution in [1.82, 2.24) is 20.9 Å². The number of nitrogens with one attached hydrogen (secondary N) is 3. The van der Waals surface area contributed by atoms with Crippen LogP contribution in [0.15, 0.2) is 109 Å². The summed E-state index contributed by atoms with van der Waals surface area (Å²) in [6.07, 6.45) is 3.74. The Hall–Kier alpha value is -4.95. The highest BCUT2D eigenvalue weighted by molar-refractivity contribution is 5.93. The first-order valence-electron chi connectivity index (χ1n) is 17.0. The minimum absolute atomic E-state index is 0.189. The third-order valence-corrected chi connectivity index (χ3v) is 9.35. The molecule has 2 heterocycles. The van der Waals surface area contributed by atoms with Gasteiger partial charge in [-0.3, -0.25) is 19.3 Å². The predicted molar refractivity (Wildman–Crippen MR) is 186 cm³/mol. The van der Waals surface area contributed by atoms with Crippen molar-refractivity contribution in [3.8, 4) is 11.5 Å². The van der Waals surface area contributed by atoms with Crippen LogP contribution in [0.25, 0.3) is 0 Å². The minimum atomic E-state index is -0.877. The van der Waals surface area contributed by atoms with Gasteiger partial charge in [-0.25, -0.2) is 0 Å². The molecule has 8 heteroatoms. The average molecular weight is 645 g/mol. The molecule has 248 valence electrons. The third kappa shape index (κ3) is 8.69. The van der Waals surface area contributed by atoms with Gasteiger partial charge in [0, 0.05) is 19.0 Å². The molecule has 0 saturated carbocycles. The maximum atomic E-state index is 14.3. The van der Waals surface area contributed by atoms with Gasteiger partial charge in [-0.1, -0.05) is 84.9 Å². The Morgan fingerprint density at radius 3 is 2.08 bits per heavy atom. The minimum Gasteiger partial charge on any atom is -0.457 e. The van der Waals surface area contributed by atoms with E-state index in [0.717, 1.165) is 41.6 Å². The Bertz CT molecular complexity index is 1700. The summed E-state index contributed by atoms with van der Waals surface area (Å²) in [4.78, 5) is 44.4. The largest absolute Gasteiger partial charge is 0.457 e. The van der Waals surface area contributed by atoms with Crippen LogP contribution in [0.1, 0.15) is 48.4 Å². The van der Waals surface area contributed by atoms with Crippen molar-refractivity contribution < 1.29 is 19.1 Å². The first-order chi connectivity index (χ1) is 23.4. The lowest BCUT2D eigenvalue weighted by molar-refractivity contribution is -0.134. The number of nitrogens with zero attached hydrogens (tertiary/aromatic N) is 1. The van der Waals surface area contributed by atoms with E-state index in [1.165, 1.54) is 0 Å². The van der Waals surface area contributed by atoms with Crippen LogP contribution < -0.4 is 20.7 Å². The van der Waals surface area contributed by atoms with Crippen LogP contribution in [0, 0.1) is 0 Å². The van der Waals surface area contributed by atoms with Gasteiger partial charge in [0.2, 0.25) is 17.7 Å². The lowest BCUT2D eigenvalue weighted by Gasteiger charge is -2.32. The molecule has 0 spiro atoms. The van der Waals surface area contributed by atoms with Crippen molar-refractivity contribution in [2.75, 3.05) is 6.54 Å². The Morgan fingerprint density at radius 1 is 0.792 bits per heavy atom. The van der Waals surface area contributed by atoms with Crippen LogP contribution >= 0.6 is 0 Å². The molecule has 0 aromatic heterocycles. The molecule has 1 fully saturated rings. The molecule has 1 unspecified atom stereocenters. The molecule has 6 rings (SSSR count). The number of hydrogen-bond donors (Lipinski definition) is 3. The van der Waals surface area contributed by atoms with Crippen molar-refractivity contribution >= 4 is 17.7 Å². The van der Waals surface area contributed by atoms with Crippen molar-refractivity contribution in [2.45, 2.75) is 76.2 Å². The number of fused-ring (bicyclic) bond motifs is 4. The first-order valence-corrected chi connectivity index (χ1v) is 17.0. The van der Waals surface area contributed by atoms with E-state index in [2.05, 4.69) is 27.8 Å². The fourth-order valence-electron chi connectivity index (χ4n) is 6.73. The quantitative estimate of drug-likeness (QED) is 0.252. The normalized spacial score (nSPS) is 21.9. The number of benzene rings is 4. The lowest BCUT2D eigenvalue weighted by atomic mass is 9.99. The zero-order chi connectivity index (χ0) is 33.3. The Labute approximate surface area is 282 Å². The molecule has 4 bridgehead atoms. The van der Waals surface area contributed by atoms with Gasteiger partial charge in [0.05, 0.1) is 6.04 Å². The van der Waals surface area contributed by atoms with Gasteiger partial charge in [0.25, 0.3) is 0 Å². The van der Waals surface area contributed by atoms with E-state index in [1.54, 1.807) is 0 Å². The van der Waals surface area contributed by atoms with Gasteiger partial charge < -0.3 is 20.7 Å². The number of carbonyl (C=O) groups is 3. The van der Waals surface area contributed by atoms with Crippen LogP contribution in [0.3, 0.4) is 0 Å². The SMILES string of the molecule is CC1CCCN1[C@H]1Cc2cccc(c2)Oc2cccc(c2)C[C@@H](C(=O)NCc2ccccc2)NC(=O)[C@H](CCc2ccccc2)NC1=O. The summed E-state index contributed by atoms with van der Waals surface area (Å²) in [6, 6.07) is 33.1. The van der Waals surface area contributed by atoms with Crippen LogP contribution in [-0.2, 0) is 40.2 Å². The van der Waals surface area contributed by atoms with Gasteiger partial charge in [-0.2, -0.15) is 0 Å². The number of ether oxygens (including phenoxy) is 1. The number of aryl methyl sites for hydroxylation is 1. The molecule has 2 aliphatic heterocycles. The predicted octanol–water partition coefficient (Wildman–Crippen LogP) is 5.35. The van der Waals surface area contributed by atoms with E-state index in [-0.39, 0.29) is 30.2 Å². The summed E-state index contributed by atoms with van der Waals surface area (Å²) in [6.45, 7) is 3.30. The molecule has 3 N–H and O–H groups in total. The monoisotopic (exact) mass is 644 g/mol. The molecule has 4 aromatic carbocycles. The molecular weight excluding hydrogens is 600 g/mol. The third-order valence-electron chi connectivity index (χ3n) is 9.35. The summed E-state index contributed by atoms with van der Waals surface area (Å²) in [7, 11) is 0. The fraction of sp³-hybridized carbons (Fsp3) is 0.325. The van der Waals surface area contributed by atoms with Crippen molar-refractivity contribution in [2.24, 2.45) is 0 Å². The molecule has 8 nitrogen and oxygen atoms in total. The van der Waals surface area contributed by atoms with Crippen molar-refractivity contribution in [3.63, 3.8) is 0 Å². The topological polar surface area (TPSA) is 99.8 Å². The van der Waals surface area contributed by atoms with E-state index in [9.17, 15) is 14.4 Å². The Balaban J connectivity index is 1.34. The number of carbonyl (C=O) groups excluding carboxylic acids is 3. The van der Waals surface area contributed by atoms with E-state index in [4.69, 9.17) is 4.74 Å². The van der Waals surface area contributed by atoms with E-state index in [1.807, 2.05) is 109 Å². The molecule has 4 atom stereocenters. The summed E-state index contributed by atoms with van der Waals surface area (Å²) >= 11 is 0. The number of rotatable bonds is 7. The molecule has 0 aliphatic carbocycles. The van der Waals surface area contributed by atoms with Gasteiger partial charge >= 0.3 is 0 Å². The zero-order valence-electron chi connectivity index (χ0n) is 27.4. The Kier molecular flexibility index (Phi) is 10.8. The maximum absolute atomic E-state index is 14.3. The summed E-state index contributed by atoms with van der Waals surface area (Å²) in [5, 5.41) is 9.18. The second-order valence-corrected chi connectivity index (χ2v) is 12.9. The molecule has 4 aromatic rings. The summed E-state index contributed by atoms with van der Waals surface area (Å²) in [5.74, 6) is 0.440. The number of amides is 3. The molecule has 3 amide bonds. The molecule has 1 saturated heterocycles. The van der Waals surface area contributed by atoms with Gasteiger partial charge in [-0.05, 0) is 92.1 Å². The van der Waals surface area contributed by atoms with Crippen LogP contribution in [-0.4, -0.2) is 53.3 Å². The van der Waals surface area contributed by atoms with Crippen LogP contribution in [0.2, 0.25) is 0 Å². The number of likely N-dealkylation sites (tertiary alicyclic amines) is 1. The summed E-state index contributed by atoms with van der Waals surface area (Å²) < 4.78 is 6.28. The van der Waals surface area contributed by atoms with Gasteiger partial charge in [-0.15, -0.1) is 0 Å². The number of hydrogen-bond acceptors (Lipinski definition) is 5. The highest BCUT2D eigenvalue weighted by atomic mass is 16.5. The summed E-state index contributed by atoms with van der Waals surface area (Å²) in [5.41, 5.74) is 3.85. The molecule has 0 radical (unpaired) electrons. The smallest absolute Gasteiger partial charge is 0.243 e. The maximum Gasteiger partial charge on any atom is 0.243 e. The van der Waals surface area contributed by atoms with Crippen LogP contribution in [0.4, 0.5) is 0 Å². The fourth-order valence-corrected chi connectivity index (χ4v) is 6.73. The van der Waals surface area contributed by atoms with Crippen molar-refractivity contribution in [1.29, 1.82) is 0 Å². The van der Waals surface area contributed by atoms with E-state index >= 15 is 0 Å². The highest BCUT2D eigenvalue weighted by Gasteiger charge is 2.35. The lowest BCUT2D eigenvalue weighted by Crippen LogP contribution is -2.57. The zero-order valence-corrected chi connectivity index (χ0v) is 27.4. The van der Waals surface area contributed by atoms with E-state index < -0.39 is 18.1 Å². The molecule has 2 aliphatic rings. The first kappa shape index (κ1) is 33.0. The van der Waals surface area contributed by atoms with Gasteiger partial charge in [0.1, 0.15) is 23.6 Å². The molecule has 48 heavy (non-hydrogen) atoms. The van der Waals surface area contributed by atoms with Gasteiger partial charge in [0.15, 0.2) is 0 Å². The molecular formula is C40H44N4O4. The van der Waals surface area contributed by atoms with Crippen LogP contribution in [0.5, 0.6) is 11.5 Å². The Morgan fingerprint density at radius 2 is 1.44 bits per heavy atom. The second kappa shape index (κ2) is 15.8.